The minimum Gasteiger partial charge on any atom is -0.385 e. The van der Waals surface area contributed by atoms with Gasteiger partial charge in [0.2, 0.25) is 5.91 Å². The largest absolute Gasteiger partial charge is 0.385 e. The van der Waals surface area contributed by atoms with Crippen molar-refractivity contribution in [1.82, 2.24) is 0 Å². The number of anilines is 3. The third kappa shape index (κ3) is 5.57. The van der Waals surface area contributed by atoms with Crippen LogP contribution in [-0.4, -0.2) is 25.5 Å². The van der Waals surface area contributed by atoms with Crippen LogP contribution >= 0.6 is 15.9 Å². The average molecular weight is 390 g/mol. The molecule has 2 aromatic carbocycles. The monoisotopic (exact) mass is 389 g/mol. The maximum Gasteiger partial charge on any atom is 0.226 e. The predicted octanol–water partition coefficient (Wildman–Crippen LogP) is 4.74. The maximum absolute atomic E-state index is 12.0. The van der Waals surface area contributed by atoms with Crippen LogP contribution in [0.2, 0.25) is 0 Å². The molecule has 0 fully saturated rings. The summed E-state index contributed by atoms with van der Waals surface area (Å²) in [6.07, 6.45) is 0.424. The number of benzene rings is 2. The SMILES string of the molecule is CCN(CC)c1ccc(NC(=O)CCNc2ccc(Br)cc2)cc1. The summed E-state index contributed by atoms with van der Waals surface area (Å²) in [5, 5.41) is 6.17. The molecule has 0 saturated heterocycles. The van der Waals surface area contributed by atoms with Crippen LogP contribution in [0.4, 0.5) is 17.1 Å². The Morgan fingerprint density at radius 1 is 0.958 bits per heavy atom. The van der Waals surface area contributed by atoms with Crippen LogP contribution in [-0.2, 0) is 4.79 Å². The van der Waals surface area contributed by atoms with Gasteiger partial charge in [-0.25, -0.2) is 0 Å². The lowest BCUT2D eigenvalue weighted by atomic mass is 10.2. The van der Waals surface area contributed by atoms with Gasteiger partial charge >= 0.3 is 0 Å². The van der Waals surface area contributed by atoms with E-state index in [9.17, 15) is 4.79 Å². The standard InChI is InChI=1S/C19H24BrN3O/c1-3-23(4-2)18-11-9-17(10-12-18)22-19(24)13-14-21-16-7-5-15(20)6-8-16/h5-12,21H,3-4,13-14H2,1-2H3,(H,22,24). The molecule has 0 aliphatic rings. The molecule has 2 aromatic rings. The number of rotatable bonds is 8. The van der Waals surface area contributed by atoms with Gasteiger partial charge in [-0.05, 0) is 62.4 Å². The van der Waals surface area contributed by atoms with Gasteiger partial charge in [-0.2, -0.15) is 0 Å². The summed E-state index contributed by atoms with van der Waals surface area (Å²) in [7, 11) is 0. The van der Waals surface area contributed by atoms with E-state index in [1.165, 1.54) is 5.69 Å². The summed E-state index contributed by atoms with van der Waals surface area (Å²) in [5.41, 5.74) is 3.02. The fourth-order valence-electron chi connectivity index (χ4n) is 2.46. The smallest absolute Gasteiger partial charge is 0.226 e. The molecule has 0 atom stereocenters. The molecule has 0 aliphatic carbocycles. The highest BCUT2D eigenvalue weighted by Gasteiger charge is 2.04. The van der Waals surface area contributed by atoms with Crippen LogP contribution in [0.25, 0.3) is 0 Å². The lowest BCUT2D eigenvalue weighted by Gasteiger charge is -2.21. The molecule has 4 nitrogen and oxygen atoms in total. The Labute approximate surface area is 152 Å². The molecular weight excluding hydrogens is 366 g/mol. The van der Waals surface area contributed by atoms with E-state index in [4.69, 9.17) is 0 Å². The lowest BCUT2D eigenvalue weighted by molar-refractivity contribution is -0.115. The Balaban J connectivity index is 1.78. The molecule has 2 N–H and O–H groups in total. The van der Waals surface area contributed by atoms with Crippen molar-refractivity contribution >= 4 is 38.9 Å². The van der Waals surface area contributed by atoms with Crippen molar-refractivity contribution in [3.8, 4) is 0 Å². The van der Waals surface area contributed by atoms with Crippen LogP contribution in [0.1, 0.15) is 20.3 Å². The summed E-state index contributed by atoms with van der Waals surface area (Å²) in [6.45, 7) is 6.83. The second-order valence-electron chi connectivity index (χ2n) is 5.45. The van der Waals surface area contributed by atoms with E-state index >= 15 is 0 Å². The van der Waals surface area contributed by atoms with Gasteiger partial charge in [0.25, 0.3) is 0 Å². The summed E-state index contributed by atoms with van der Waals surface area (Å²) in [5.74, 6) is 0.00945. The van der Waals surface area contributed by atoms with Crippen molar-refractivity contribution in [1.29, 1.82) is 0 Å². The number of nitrogens with zero attached hydrogens (tertiary/aromatic N) is 1. The van der Waals surface area contributed by atoms with Crippen molar-refractivity contribution < 1.29 is 4.79 Å². The number of carbonyl (C=O) groups excluding carboxylic acids is 1. The minimum absolute atomic E-state index is 0.00945. The number of nitrogens with one attached hydrogen (secondary N) is 2. The van der Waals surface area contributed by atoms with E-state index in [1.807, 2.05) is 48.5 Å². The highest BCUT2D eigenvalue weighted by atomic mass is 79.9. The van der Waals surface area contributed by atoms with Crippen LogP contribution < -0.4 is 15.5 Å². The van der Waals surface area contributed by atoms with Crippen LogP contribution in [0.3, 0.4) is 0 Å². The lowest BCUT2D eigenvalue weighted by Crippen LogP contribution is -2.21. The number of halogens is 1. The molecule has 128 valence electrons. The number of carbonyl (C=O) groups is 1. The summed E-state index contributed by atoms with van der Waals surface area (Å²) < 4.78 is 1.04. The van der Waals surface area contributed by atoms with E-state index in [0.717, 1.165) is 28.9 Å². The fraction of sp³-hybridized carbons (Fsp3) is 0.316. The van der Waals surface area contributed by atoms with Crippen molar-refractivity contribution in [3.63, 3.8) is 0 Å². The highest BCUT2D eigenvalue weighted by molar-refractivity contribution is 9.10. The molecule has 0 heterocycles. The molecule has 24 heavy (non-hydrogen) atoms. The van der Waals surface area contributed by atoms with Gasteiger partial charge in [-0.1, -0.05) is 15.9 Å². The zero-order chi connectivity index (χ0) is 17.4. The third-order valence-electron chi connectivity index (χ3n) is 3.81. The first kappa shape index (κ1) is 18.3. The van der Waals surface area contributed by atoms with Gasteiger partial charge in [0, 0.05) is 47.6 Å². The van der Waals surface area contributed by atoms with Gasteiger partial charge in [0.1, 0.15) is 0 Å². The van der Waals surface area contributed by atoms with Gasteiger partial charge in [-0.3, -0.25) is 4.79 Å². The molecule has 0 unspecified atom stereocenters. The Kier molecular flexibility index (Phi) is 7.12. The number of amides is 1. The van der Waals surface area contributed by atoms with Gasteiger partial charge in [-0.15, -0.1) is 0 Å². The van der Waals surface area contributed by atoms with Crippen LogP contribution in [0.5, 0.6) is 0 Å². The highest BCUT2D eigenvalue weighted by Crippen LogP contribution is 2.18. The molecule has 0 aliphatic heterocycles. The Bertz CT molecular complexity index is 637. The first-order valence-electron chi connectivity index (χ1n) is 8.26. The topological polar surface area (TPSA) is 44.4 Å². The Morgan fingerprint density at radius 2 is 1.54 bits per heavy atom. The number of hydrogen-bond donors (Lipinski definition) is 2. The zero-order valence-corrected chi connectivity index (χ0v) is 15.8. The Morgan fingerprint density at radius 3 is 2.12 bits per heavy atom. The molecule has 0 radical (unpaired) electrons. The molecule has 0 aromatic heterocycles. The van der Waals surface area contributed by atoms with Gasteiger partial charge in [0.15, 0.2) is 0 Å². The van der Waals surface area contributed by atoms with E-state index in [0.29, 0.717) is 13.0 Å². The van der Waals surface area contributed by atoms with Crippen LogP contribution in [0, 0.1) is 0 Å². The van der Waals surface area contributed by atoms with E-state index in [1.54, 1.807) is 0 Å². The van der Waals surface area contributed by atoms with E-state index in [-0.39, 0.29) is 5.91 Å². The quantitative estimate of drug-likeness (QED) is 0.685. The normalized spacial score (nSPS) is 10.3. The Hall–Kier alpha value is -2.01. The summed E-state index contributed by atoms with van der Waals surface area (Å²) >= 11 is 3.40. The van der Waals surface area contributed by atoms with Crippen LogP contribution in [0.15, 0.2) is 53.0 Å². The molecule has 5 heteroatoms. The predicted molar refractivity (Wildman–Crippen MR) is 106 cm³/mol. The molecule has 2 rings (SSSR count). The third-order valence-corrected chi connectivity index (χ3v) is 4.33. The molecule has 0 bridgehead atoms. The van der Waals surface area contributed by atoms with E-state index in [2.05, 4.69) is 45.3 Å². The van der Waals surface area contributed by atoms with E-state index < -0.39 is 0 Å². The molecule has 0 spiro atoms. The summed E-state index contributed by atoms with van der Waals surface area (Å²) in [4.78, 5) is 14.3. The fourth-order valence-corrected chi connectivity index (χ4v) is 2.72. The average Bonchev–Trinajstić information content (AvgIpc) is 2.59. The maximum atomic E-state index is 12.0. The molecular formula is C19H24BrN3O. The van der Waals surface area contributed by atoms with Crippen molar-refractivity contribution in [2.24, 2.45) is 0 Å². The molecule has 0 saturated carbocycles. The van der Waals surface area contributed by atoms with Gasteiger partial charge < -0.3 is 15.5 Å². The second kappa shape index (κ2) is 9.33. The summed E-state index contributed by atoms with van der Waals surface area (Å²) in [6, 6.07) is 15.9. The van der Waals surface area contributed by atoms with Crippen molar-refractivity contribution in [2.75, 3.05) is 35.2 Å². The second-order valence-corrected chi connectivity index (χ2v) is 6.37. The first-order valence-corrected chi connectivity index (χ1v) is 9.06. The number of hydrogen-bond acceptors (Lipinski definition) is 3. The van der Waals surface area contributed by atoms with Crippen molar-refractivity contribution in [2.45, 2.75) is 20.3 Å². The van der Waals surface area contributed by atoms with Crippen molar-refractivity contribution in [3.05, 3.63) is 53.0 Å². The molecule has 1 amide bonds. The van der Waals surface area contributed by atoms with Gasteiger partial charge in [0.05, 0.1) is 0 Å². The zero-order valence-electron chi connectivity index (χ0n) is 14.2. The first-order chi connectivity index (χ1) is 11.6. The minimum atomic E-state index is 0.00945.